The molecule has 0 aliphatic carbocycles. The summed E-state index contributed by atoms with van der Waals surface area (Å²) >= 11 is 7.27. The lowest BCUT2D eigenvalue weighted by atomic mass is 10.1. The van der Waals surface area contributed by atoms with E-state index in [-0.39, 0.29) is 5.91 Å². The number of halogens is 1. The summed E-state index contributed by atoms with van der Waals surface area (Å²) in [5.74, 6) is 0.0987. The maximum Gasteiger partial charge on any atom is 0.261 e. The predicted molar refractivity (Wildman–Crippen MR) is 96.0 cm³/mol. The minimum Gasteiger partial charge on any atom is -0.496 e. The summed E-state index contributed by atoms with van der Waals surface area (Å²) in [4.78, 5) is 12.4. The molecule has 1 N–H and O–H groups in total. The first-order chi connectivity index (χ1) is 11.6. The Kier molecular flexibility index (Phi) is 4.78. The number of amides is 1. The zero-order valence-corrected chi connectivity index (χ0v) is 14.6. The van der Waals surface area contributed by atoms with Crippen molar-refractivity contribution < 1.29 is 9.53 Å². The molecule has 0 saturated heterocycles. The Bertz CT molecular complexity index is 895. The quantitative estimate of drug-likeness (QED) is 0.748. The molecule has 24 heavy (non-hydrogen) atoms. The molecule has 0 fully saturated rings. The van der Waals surface area contributed by atoms with E-state index in [4.69, 9.17) is 16.3 Å². The van der Waals surface area contributed by atoms with Gasteiger partial charge in [-0.15, -0.1) is 10.2 Å². The van der Waals surface area contributed by atoms with Crippen LogP contribution in [-0.4, -0.2) is 23.2 Å². The second-order valence-electron chi connectivity index (χ2n) is 5.08. The summed E-state index contributed by atoms with van der Waals surface area (Å²) in [6.45, 7) is 2.01. The van der Waals surface area contributed by atoms with E-state index < -0.39 is 0 Å². The van der Waals surface area contributed by atoms with Crippen molar-refractivity contribution in [3.8, 4) is 16.3 Å². The molecular formula is C17H14ClN3O2S. The summed E-state index contributed by atoms with van der Waals surface area (Å²) in [5, 5.41) is 12.5. The van der Waals surface area contributed by atoms with Crippen LogP contribution in [0.2, 0.25) is 5.02 Å². The lowest BCUT2D eigenvalue weighted by molar-refractivity contribution is 0.102. The Morgan fingerprint density at radius 2 is 2.04 bits per heavy atom. The van der Waals surface area contributed by atoms with Gasteiger partial charge in [0.25, 0.3) is 5.91 Å². The van der Waals surface area contributed by atoms with E-state index in [1.807, 2.05) is 31.2 Å². The number of nitrogens with zero attached hydrogens (tertiary/aromatic N) is 2. The highest BCUT2D eigenvalue weighted by molar-refractivity contribution is 7.18. The molecule has 3 aromatic rings. The van der Waals surface area contributed by atoms with Gasteiger partial charge in [0, 0.05) is 10.6 Å². The van der Waals surface area contributed by atoms with Crippen molar-refractivity contribution in [1.29, 1.82) is 0 Å². The fourth-order valence-corrected chi connectivity index (χ4v) is 3.10. The fourth-order valence-electron chi connectivity index (χ4n) is 2.19. The first-order valence-corrected chi connectivity index (χ1v) is 8.31. The van der Waals surface area contributed by atoms with Crippen molar-refractivity contribution in [1.82, 2.24) is 10.2 Å². The third-order valence-electron chi connectivity index (χ3n) is 3.32. The van der Waals surface area contributed by atoms with Gasteiger partial charge in [0.2, 0.25) is 5.13 Å². The normalized spacial score (nSPS) is 10.5. The highest BCUT2D eigenvalue weighted by Crippen LogP contribution is 2.28. The number of benzene rings is 2. The molecule has 1 aromatic heterocycles. The van der Waals surface area contributed by atoms with Gasteiger partial charge in [-0.05, 0) is 31.2 Å². The van der Waals surface area contributed by atoms with Gasteiger partial charge in [-0.2, -0.15) is 0 Å². The largest absolute Gasteiger partial charge is 0.496 e. The van der Waals surface area contributed by atoms with Crippen molar-refractivity contribution in [3.63, 3.8) is 0 Å². The van der Waals surface area contributed by atoms with Gasteiger partial charge < -0.3 is 4.74 Å². The lowest BCUT2D eigenvalue weighted by Crippen LogP contribution is -2.13. The Labute approximate surface area is 148 Å². The third-order valence-corrected chi connectivity index (χ3v) is 4.44. The van der Waals surface area contributed by atoms with Crippen LogP contribution in [0.5, 0.6) is 5.75 Å². The molecule has 5 nitrogen and oxygen atoms in total. The average Bonchev–Trinajstić information content (AvgIpc) is 3.03. The van der Waals surface area contributed by atoms with Crippen LogP contribution in [0.1, 0.15) is 15.9 Å². The van der Waals surface area contributed by atoms with E-state index in [0.29, 0.717) is 21.5 Å². The number of hydrogen-bond donors (Lipinski definition) is 1. The molecule has 122 valence electrons. The average molecular weight is 360 g/mol. The van der Waals surface area contributed by atoms with E-state index in [2.05, 4.69) is 15.5 Å². The van der Waals surface area contributed by atoms with Crippen LogP contribution in [0.3, 0.4) is 0 Å². The number of carbonyl (C=O) groups excluding carboxylic acids is 1. The number of carbonyl (C=O) groups is 1. The molecule has 0 radical (unpaired) electrons. The van der Waals surface area contributed by atoms with Crippen molar-refractivity contribution >= 4 is 34.0 Å². The minimum absolute atomic E-state index is 0.345. The van der Waals surface area contributed by atoms with Gasteiger partial charge in [-0.25, -0.2) is 0 Å². The van der Waals surface area contributed by atoms with Gasteiger partial charge in [0.1, 0.15) is 10.8 Å². The molecule has 7 heteroatoms. The summed E-state index contributed by atoms with van der Waals surface area (Å²) < 4.78 is 5.19. The Morgan fingerprint density at radius 1 is 1.21 bits per heavy atom. The molecule has 0 unspecified atom stereocenters. The standard InChI is InChI=1S/C17H14ClN3O2S/c1-10-4-3-5-11(8-10)16-20-21-17(24-16)19-15(22)13-9-12(18)6-7-14(13)23-2/h3-9H,1-2H3,(H,19,21,22). The second kappa shape index (κ2) is 6.98. The molecule has 3 rings (SSSR count). The van der Waals surface area contributed by atoms with Gasteiger partial charge in [-0.1, -0.05) is 46.7 Å². The Hall–Kier alpha value is -2.44. The number of methoxy groups -OCH3 is 1. The monoisotopic (exact) mass is 359 g/mol. The van der Waals surface area contributed by atoms with Crippen LogP contribution in [-0.2, 0) is 0 Å². The van der Waals surface area contributed by atoms with E-state index in [1.165, 1.54) is 18.4 Å². The van der Waals surface area contributed by atoms with E-state index in [1.54, 1.807) is 18.2 Å². The first-order valence-electron chi connectivity index (χ1n) is 7.12. The van der Waals surface area contributed by atoms with Gasteiger partial charge in [-0.3, -0.25) is 10.1 Å². The summed E-state index contributed by atoms with van der Waals surface area (Å²) in [6.07, 6.45) is 0. The predicted octanol–water partition coefficient (Wildman–Crippen LogP) is 4.43. The van der Waals surface area contributed by atoms with Crippen LogP contribution in [0.4, 0.5) is 5.13 Å². The summed E-state index contributed by atoms with van der Waals surface area (Å²) in [7, 11) is 1.50. The molecule has 0 aliphatic rings. The van der Waals surface area contributed by atoms with E-state index in [9.17, 15) is 4.79 Å². The molecule has 0 spiro atoms. The smallest absolute Gasteiger partial charge is 0.261 e. The second-order valence-corrected chi connectivity index (χ2v) is 6.49. The number of aromatic nitrogens is 2. The van der Waals surface area contributed by atoms with Gasteiger partial charge in [0.05, 0.1) is 12.7 Å². The zero-order chi connectivity index (χ0) is 17.1. The van der Waals surface area contributed by atoms with Crippen molar-refractivity contribution in [3.05, 3.63) is 58.6 Å². The molecule has 0 atom stereocenters. The Balaban J connectivity index is 1.82. The summed E-state index contributed by atoms with van der Waals surface area (Å²) in [5.41, 5.74) is 2.45. The number of hydrogen-bond acceptors (Lipinski definition) is 5. The molecule has 0 aliphatic heterocycles. The van der Waals surface area contributed by atoms with E-state index in [0.717, 1.165) is 16.1 Å². The number of nitrogens with one attached hydrogen (secondary N) is 1. The van der Waals surface area contributed by atoms with Gasteiger partial charge >= 0.3 is 0 Å². The summed E-state index contributed by atoms with van der Waals surface area (Å²) in [6, 6.07) is 12.8. The van der Waals surface area contributed by atoms with Crippen LogP contribution in [0.15, 0.2) is 42.5 Å². The molecule has 1 heterocycles. The SMILES string of the molecule is COc1ccc(Cl)cc1C(=O)Nc1nnc(-c2cccc(C)c2)s1. The highest BCUT2D eigenvalue weighted by atomic mass is 35.5. The topological polar surface area (TPSA) is 64.1 Å². The van der Waals surface area contributed by atoms with Crippen LogP contribution >= 0.6 is 22.9 Å². The van der Waals surface area contributed by atoms with Crippen LogP contribution in [0, 0.1) is 6.92 Å². The van der Waals surface area contributed by atoms with Crippen LogP contribution < -0.4 is 10.1 Å². The maximum atomic E-state index is 12.4. The van der Waals surface area contributed by atoms with Crippen molar-refractivity contribution in [2.24, 2.45) is 0 Å². The Morgan fingerprint density at radius 3 is 2.79 bits per heavy atom. The van der Waals surface area contributed by atoms with Gasteiger partial charge in [0.15, 0.2) is 0 Å². The maximum absolute atomic E-state index is 12.4. The van der Waals surface area contributed by atoms with Crippen molar-refractivity contribution in [2.45, 2.75) is 6.92 Å². The van der Waals surface area contributed by atoms with Crippen LogP contribution in [0.25, 0.3) is 10.6 Å². The number of anilines is 1. The van der Waals surface area contributed by atoms with E-state index >= 15 is 0 Å². The zero-order valence-electron chi connectivity index (χ0n) is 13.0. The number of ether oxygens (including phenoxy) is 1. The molecule has 2 aromatic carbocycles. The fraction of sp³-hybridized carbons (Fsp3) is 0.118. The molecule has 0 saturated carbocycles. The minimum atomic E-state index is -0.346. The number of aryl methyl sites for hydroxylation is 1. The lowest BCUT2D eigenvalue weighted by Gasteiger charge is -2.07. The number of rotatable bonds is 4. The molecular weight excluding hydrogens is 346 g/mol. The molecule has 0 bridgehead atoms. The highest BCUT2D eigenvalue weighted by Gasteiger charge is 2.16. The molecule has 1 amide bonds. The van der Waals surface area contributed by atoms with Crippen molar-refractivity contribution in [2.75, 3.05) is 12.4 Å². The first kappa shape index (κ1) is 16.4. The third kappa shape index (κ3) is 3.55.